The molecule has 106 valence electrons. The molecule has 1 amide bonds. The second-order valence-electron chi connectivity index (χ2n) is 3.86. The molecule has 0 aromatic carbocycles. The van der Waals surface area contributed by atoms with Crippen LogP contribution in [-0.2, 0) is 4.79 Å². The van der Waals surface area contributed by atoms with E-state index in [1.807, 2.05) is 0 Å². The Bertz CT molecular complexity index is 539. The Morgan fingerprint density at radius 3 is 1.95 bits per heavy atom. The third kappa shape index (κ3) is 8.30. The van der Waals surface area contributed by atoms with E-state index in [1.165, 1.54) is 24.3 Å². The van der Waals surface area contributed by atoms with E-state index in [9.17, 15) is 9.18 Å². The molecule has 0 saturated heterocycles. The Morgan fingerprint density at radius 2 is 1.45 bits per heavy atom. The zero-order chi connectivity index (χ0) is 15.7. The van der Waals surface area contributed by atoms with Gasteiger partial charge in [-0.1, -0.05) is 32.4 Å². The molecular formula is C15H18FN3O. The van der Waals surface area contributed by atoms with E-state index < -0.39 is 11.7 Å². The Morgan fingerprint density at radius 1 is 0.950 bits per heavy atom. The van der Waals surface area contributed by atoms with E-state index in [4.69, 9.17) is 11.5 Å². The van der Waals surface area contributed by atoms with Crippen LogP contribution < -0.4 is 16.8 Å². The van der Waals surface area contributed by atoms with Crippen molar-refractivity contribution in [3.8, 4) is 0 Å². The highest BCUT2D eigenvalue weighted by molar-refractivity contribution is 5.93. The van der Waals surface area contributed by atoms with Crippen molar-refractivity contribution >= 4 is 5.91 Å². The quantitative estimate of drug-likeness (QED) is 0.491. The minimum atomic E-state index is -1.01. The molecule has 0 aromatic heterocycles. The summed E-state index contributed by atoms with van der Waals surface area (Å²) >= 11 is 0. The number of hydrogen-bond acceptors (Lipinski definition) is 3. The lowest BCUT2D eigenvalue weighted by Gasteiger charge is -2.02. The van der Waals surface area contributed by atoms with Gasteiger partial charge in [-0.2, -0.15) is 0 Å². The predicted octanol–water partition coefficient (Wildman–Crippen LogP) is 2.08. The fraction of sp³-hybridized carbons (Fsp3) is 0. The van der Waals surface area contributed by atoms with Crippen LogP contribution in [0.5, 0.6) is 0 Å². The van der Waals surface area contributed by atoms with E-state index in [1.54, 1.807) is 0 Å². The lowest BCUT2D eigenvalue weighted by molar-refractivity contribution is -0.118. The highest BCUT2D eigenvalue weighted by Crippen LogP contribution is 2.06. The molecule has 20 heavy (non-hydrogen) atoms. The number of nitrogens with one attached hydrogen (secondary N) is 1. The normalized spacial score (nSPS) is 11.6. The molecule has 4 nitrogen and oxygen atoms in total. The van der Waals surface area contributed by atoms with Crippen molar-refractivity contribution in [2.45, 2.75) is 0 Å². The second-order valence-corrected chi connectivity index (χ2v) is 3.86. The van der Waals surface area contributed by atoms with E-state index in [0.29, 0.717) is 5.70 Å². The molecular weight excluding hydrogens is 257 g/mol. The lowest BCUT2D eigenvalue weighted by Crippen LogP contribution is -2.21. The van der Waals surface area contributed by atoms with Crippen molar-refractivity contribution < 1.29 is 9.18 Å². The van der Waals surface area contributed by atoms with Gasteiger partial charge in [0.25, 0.3) is 5.91 Å². The maximum atomic E-state index is 13.5. The van der Waals surface area contributed by atoms with E-state index in [-0.39, 0.29) is 17.0 Å². The highest BCUT2D eigenvalue weighted by Gasteiger charge is 2.08. The number of rotatable bonds is 7. The second kappa shape index (κ2) is 8.31. The molecule has 0 atom stereocenters. The van der Waals surface area contributed by atoms with E-state index in [2.05, 4.69) is 31.6 Å². The third-order valence-electron chi connectivity index (χ3n) is 1.81. The Labute approximate surface area is 118 Å². The van der Waals surface area contributed by atoms with Gasteiger partial charge in [-0.3, -0.25) is 4.79 Å². The number of halogens is 1. The number of carbonyl (C=O) groups excluding carboxylic acids is 1. The topological polar surface area (TPSA) is 81.1 Å². The molecule has 0 saturated carbocycles. The van der Waals surface area contributed by atoms with Gasteiger partial charge in [0.05, 0.1) is 0 Å². The Kier molecular flexibility index (Phi) is 7.14. The Hall–Kier alpha value is -2.82. The number of carbonyl (C=O) groups is 1. The first-order valence-electron chi connectivity index (χ1n) is 5.53. The highest BCUT2D eigenvalue weighted by atomic mass is 19.1. The fourth-order valence-electron chi connectivity index (χ4n) is 0.945. The van der Waals surface area contributed by atoms with Crippen LogP contribution in [-0.4, -0.2) is 5.91 Å². The number of nitrogens with two attached hydrogens (primary N) is 2. The smallest absolute Gasteiger partial charge is 0.284 e. The molecule has 0 spiro atoms. The molecule has 0 fully saturated rings. The molecule has 0 aliphatic rings. The molecule has 0 rings (SSSR count). The van der Waals surface area contributed by atoms with Gasteiger partial charge in [-0.25, -0.2) is 4.39 Å². The lowest BCUT2D eigenvalue weighted by atomic mass is 10.2. The predicted molar refractivity (Wildman–Crippen MR) is 80.5 cm³/mol. The van der Waals surface area contributed by atoms with E-state index >= 15 is 0 Å². The van der Waals surface area contributed by atoms with Crippen LogP contribution in [0.3, 0.4) is 0 Å². The largest absolute Gasteiger partial charge is 0.399 e. The molecule has 5 N–H and O–H groups in total. The molecule has 0 radical (unpaired) electrons. The van der Waals surface area contributed by atoms with Crippen LogP contribution in [0.4, 0.5) is 4.39 Å². The monoisotopic (exact) mass is 275 g/mol. The zero-order valence-corrected chi connectivity index (χ0v) is 11.2. The average molecular weight is 275 g/mol. The summed E-state index contributed by atoms with van der Waals surface area (Å²) in [6.07, 6.45) is 6.67. The number of hydrogen-bond donors (Lipinski definition) is 3. The van der Waals surface area contributed by atoms with Gasteiger partial charge in [0.1, 0.15) is 0 Å². The summed E-state index contributed by atoms with van der Waals surface area (Å²) in [4.78, 5) is 11.5. The summed E-state index contributed by atoms with van der Waals surface area (Å²) in [5.41, 5.74) is 11.6. The summed E-state index contributed by atoms with van der Waals surface area (Å²) in [7, 11) is 0. The third-order valence-corrected chi connectivity index (χ3v) is 1.81. The van der Waals surface area contributed by atoms with Crippen LogP contribution in [0.2, 0.25) is 0 Å². The zero-order valence-electron chi connectivity index (χ0n) is 11.2. The first-order chi connectivity index (χ1) is 9.22. The molecule has 5 heteroatoms. The summed E-state index contributed by atoms with van der Waals surface area (Å²) < 4.78 is 13.5. The standard InChI is InChI=1S/C15H18FN3O/c1-10(5-6-11(2)17)9-14(16)15(20)19-13(4)8-7-12(3)18/h5-9H,1-4,17-18H2,(H,19,20)/b6-5-,8-7-,14-9-. The molecule has 0 bridgehead atoms. The van der Waals surface area contributed by atoms with Gasteiger partial charge in [0.2, 0.25) is 0 Å². The van der Waals surface area contributed by atoms with Crippen molar-refractivity contribution in [1.29, 1.82) is 0 Å². The van der Waals surface area contributed by atoms with Crippen molar-refractivity contribution in [1.82, 2.24) is 5.32 Å². The Balaban J connectivity index is 4.62. The van der Waals surface area contributed by atoms with Gasteiger partial charge < -0.3 is 16.8 Å². The summed E-state index contributed by atoms with van der Waals surface area (Å²) in [5.74, 6) is -1.95. The van der Waals surface area contributed by atoms with Gasteiger partial charge in [-0.05, 0) is 29.9 Å². The van der Waals surface area contributed by atoms with Crippen molar-refractivity contribution in [2.24, 2.45) is 11.5 Å². The molecule has 0 unspecified atom stereocenters. The minimum absolute atomic E-state index is 0.182. The van der Waals surface area contributed by atoms with Gasteiger partial charge in [-0.15, -0.1) is 0 Å². The van der Waals surface area contributed by atoms with Crippen LogP contribution >= 0.6 is 0 Å². The van der Waals surface area contributed by atoms with Crippen molar-refractivity contribution in [3.05, 3.63) is 85.2 Å². The van der Waals surface area contributed by atoms with Crippen molar-refractivity contribution in [2.75, 3.05) is 0 Å². The number of amides is 1. The average Bonchev–Trinajstić information content (AvgIpc) is 2.33. The van der Waals surface area contributed by atoms with E-state index in [0.717, 1.165) is 6.08 Å². The summed E-state index contributed by atoms with van der Waals surface area (Å²) in [6, 6.07) is 0. The van der Waals surface area contributed by atoms with Gasteiger partial charge >= 0.3 is 0 Å². The molecule has 0 aromatic rings. The van der Waals surface area contributed by atoms with Crippen molar-refractivity contribution in [3.63, 3.8) is 0 Å². The summed E-state index contributed by atoms with van der Waals surface area (Å²) in [6.45, 7) is 13.9. The summed E-state index contributed by atoms with van der Waals surface area (Å²) in [5, 5.41) is 2.24. The maximum Gasteiger partial charge on any atom is 0.284 e. The number of allylic oxidation sites excluding steroid dienone is 6. The first-order valence-corrected chi connectivity index (χ1v) is 5.53. The van der Waals surface area contributed by atoms with Crippen LogP contribution in [0.15, 0.2) is 85.2 Å². The SMILES string of the molecule is C=C(N)/C=C\C(=C)/C=C(\F)C(=O)NC(=C)/C=C\C(=C)N. The first kappa shape index (κ1) is 17.2. The van der Waals surface area contributed by atoms with Crippen LogP contribution in [0.1, 0.15) is 0 Å². The molecule has 0 heterocycles. The molecule has 0 aliphatic heterocycles. The minimum Gasteiger partial charge on any atom is -0.399 e. The maximum absolute atomic E-state index is 13.5. The van der Waals surface area contributed by atoms with Crippen LogP contribution in [0.25, 0.3) is 0 Å². The van der Waals surface area contributed by atoms with Crippen LogP contribution in [0, 0.1) is 0 Å². The fourth-order valence-corrected chi connectivity index (χ4v) is 0.945. The molecule has 0 aliphatic carbocycles. The van der Waals surface area contributed by atoms with Gasteiger partial charge in [0, 0.05) is 17.1 Å². The van der Waals surface area contributed by atoms with Gasteiger partial charge in [0.15, 0.2) is 5.83 Å².